The number of thiazole rings is 1. The number of methoxy groups -OCH3 is 1. The lowest BCUT2D eigenvalue weighted by molar-refractivity contribution is -0.144. The van der Waals surface area contributed by atoms with Crippen LogP contribution in [0.3, 0.4) is 0 Å². The number of benzene rings is 2. The summed E-state index contributed by atoms with van der Waals surface area (Å²) < 4.78 is 15.9. The molecule has 0 N–H and O–H groups in total. The first kappa shape index (κ1) is 18.9. The van der Waals surface area contributed by atoms with Crippen LogP contribution in [0.2, 0.25) is 0 Å². The second kappa shape index (κ2) is 9.19. The number of aromatic nitrogens is 1. The highest BCUT2D eigenvalue weighted by Gasteiger charge is 2.09. The highest BCUT2D eigenvalue weighted by Crippen LogP contribution is 2.26. The molecule has 0 fully saturated rings. The SMILES string of the molecule is CCOc1ccc(CC(=O)OCc2csc(-c3ccc(OC)cc3)n2)cc1. The Labute approximate surface area is 162 Å². The monoisotopic (exact) mass is 383 g/mol. The molecule has 0 atom stereocenters. The molecule has 6 heteroatoms. The highest BCUT2D eigenvalue weighted by molar-refractivity contribution is 7.13. The van der Waals surface area contributed by atoms with Crippen molar-refractivity contribution in [2.45, 2.75) is 20.0 Å². The third kappa shape index (κ3) is 5.31. The summed E-state index contributed by atoms with van der Waals surface area (Å²) in [6.45, 7) is 2.72. The van der Waals surface area contributed by atoms with Crippen molar-refractivity contribution in [1.29, 1.82) is 0 Å². The van der Waals surface area contributed by atoms with Gasteiger partial charge in [-0.25, -0.2) is 4.98 Å². The van der Waals surface area contributed by atoms with E-state index in [0.717, 1.165) is 33.3 Å². The van der Waals surface area contributed by atoms with Gasteiger partial charge in [0.25, 0.3) is 0 Å². The van der Waals surface area contributed by atoms with Gasteiger partial charge in [-0.1, -0.05) is 12.1 Å². The molecule has 0 aliphatic rings. The maximum Gasteiger partial charge on any atom is 0.310 e. The van der Waals surface area contributed by atoms with Crippen molar-refractivity contribution in [3.05, 3.63) is 65.2 Å². The standard InChI is InChI=1S/C21H21NO4S/c1-3-25-19-8-4-15(5-9-19)12-20(23)26-13-17-14-27-21(22-17)16-6-10-18(24-2)11-7-16/h4-11,14H,3,12-13H2,1-2H3. The zero-order chi connectivity index (χ0) is 19.1. The molecular formula is C21H21NO4S. The summed E-state index contributed by atoms with van der Waals surface area (Å²) >= 11 is 1.52. The van der Waals surface area contributed by atoms with Gasteiger partial charge in [0.1, 0.15) is 23.1 Å². The predicted octanol–water partition coefficient (Wildman–Crippen LogP) is 4.50. The van der Waals surface area contributed by atoms with Gasteiger partial charge >= 0.3 is 5.97 Å². The van der Waals surface area contributed by atoms with Crippen LogP contribution in [0.4, 0.5) is 0 Å². The summed E-state index contributed by atoms with van der Waals surface area (Å²) in [5, 5.41) is 2.79. The van der Waals surface area contributed by atoms with E-state index in [9.17, 15) is 4.79 Å². The van der Waals surface area contributed by atoms with Crippen molar-refractivity contribution < 1.29 is 19.0 Å². The van der Waals surface area contributed by atoms with E-state index in [1.165, 1.54) is 11.3 Å². The third-order valence-electron chi connectivity index (χ3n) is 3.85. The first-order valence-corrected chi connectivity index (χ1v) is 9.52. The number of hydrogen-bond acceptors (Lipinski definition) is 6. The molecule has 0 saturated heterocycles. The lowest BCUT2D eigenvalue weighted by atomic mass is 10.1. The van der Waals surface area contributed by atoms with Gasteiger partial charge in [0.05, 0.1) is 25.8 Å². The van der Waals surface area contributed by atoms with Crippen LogP contribution in [0.15, 0.2) is 53.9 Å². The molecule has 1 aromatic heterocycles. The average Bonchev–Trinajstić information content (AvgIpc) is 3.17. The fourth-order valence-electron chi connectivity index (χ4n) is 2.48. The van der Waals surface area contributed by atoms with Crippen LogP contribution in [-0.4, -0.2) is 24.7 Å². The van der Waals surface area contributed by atoms with Gasteiger partial charge in [0.15, 0.2) is 0 Å². The van der Waals surface area contributed by atoms with Crippen LogP contribution in [0.25, 0.3) is 10.6 Å². The van der Waals surface area contributed by atoms with Crippen LogP contribution in [0.1, 0.15) is 18.2 Å². The molecule has 3 rings (SSSR count). The maximum atomic E-state index is 12.1. The Bertz CT molecular complexity index is 872. The third-order valence-corrected chi connectivity index (χ3v) is 4.79. The molecule has 5 nitrogen and oxygen atoms in total. The number of carbonyl (C=O) groups is 1. The Morgan fingerprint density at radius 1 is 1.04 bits per heavy atom. The van der Waals surface area contributed by atoms with Gasteiger partial charge in [-0.2, -0.15) is 0 Å². The summed E-state index contributed by atoms with van der Waals surface area (Å²) in [6.07, 6.45) is 0.224. The fraction of sp³-hybridized carbons (Fsp3) is 0.238. The van der Waals surface area contributed by atoms with Crippen LogP contribution in [0.5, 0.6) is 11.5 Å². The Kier molecular flexibility index (Phi) is 6.44. The topological polar surface area (TPSA) is 57.7 Å². The first-order chi connectivity index (χ1) is 13.2. The molecule has 2 aromatic carbocycles. The van der Waals surface area contributed by atoms with Crippen LogP contribution in [-0.2, 0) is 22.6 Å². The summed E-state index contributed by atoms with van der Waals surface area (Å²) in [7, 11) is 1.64. The highest BCUT2D eigenvalue weighted by atomic mass is 32.1. The van der Waals surface area contributed by atoms with Gasteiger partial charge < -0.3 is 14.2 Å². The molecule has 1 heterocycles. The Hall–Kier alpha value is -2.86. The zero-order valence-corrected chi connectivity index (χ0v) is 16.1. The first-order valence-electron chi connectivity index (χ1n) is 8.64. The molecule has 3 aromatic rings. The molecule has 0 spiro atoms. The number of ether oxygens (including phenoxy) is 3. The van der Waals surface area contributed by atoms with Crippen molar-refractivity contribution in [3.63, 3.8) is 0 Å². The van der Waals surface area contributed by atoms with E-state index >= 15 is 0 Å². The van der Waals surface area contributed by atoms with E-state index in [-0.39, 0.29) is 19.0 Å². The normalized spacial score (nSPS) is 10.4. The minimum atomic E-state index is -0.279. The maximum absolute atomic E-state index is 12.1. The largest absolute Gasteiger partial charge is 0.497 e. The van der Waals surface area contributed by atoms with Crippen LogP contribution in [0, 0.1) is 0 Å². The molecule has 0 aliphatic heterocycles. The molecule has 0 aliphatic carbocycles. The van der Waals surface area contributed by atoms with Gasteiger partial charge in [-0.15, -0.1) is 11.3 Å². The number of hydrogen-bond donors (Lipinski definition) is 0. The van der Waals surface area contributed by atoms with Gasteiger partial charge in [0.2, 0.25) is 0 Å². The fourth-order valence-corrected chi connectivity index (χ4v) is 3.29. The molecule has 0 saturated carbocycles. The summed E-state index contributed by atoms with van der Waals surface area (Å²) in [5.41, 5.74) is 2.64. The van der Waals surface area contributed by atoms with E-state index in [2.05, 4.69) is 4.98 Å². The van der Waals surface area contributed by atoms with Crippen molar-refractivity contribution in [2.75, 3.05) is 13.7 Å². The van der Waals surface area contributed by atoms with Crippen molar-refractivity contribution in [2.24, 2.45) is 0 Å². The van der Waals surface area contributed by atoms with E-state index in [1.807, 2.05) is 60.8 Å². The Balaban J connectivity index is 1.52. The summed E-state index contributed by atoms with van der Waals surface area (Å²) in [6, 6.07) is 15.2. The number of nitrogens with zero attached hydrogens (tertiary/aromatic N) is 1. The van der Waals surface area contributed by atoms with Gasteiger partial charge in [0, 0.05) is 10.9 Å². The molecule has 0 bridgehead atoms. The van der Waals surface area contributed by atoms with Crippen LogP contribution >= 0.6 is 11.3 Å². The Morgan fingerprint density at radius 3 is 2.41 bits per heavy atom. The second-order valence-electron chi connectivity index (χ2n) is 5.79. The van der Waals surface area contributed by atoms with Crippen LogP contribution < -0.4 is 9.47 Å². The van der Waals surface area contributed by atoms with Gasteiger partial charge in [-0.3, -0.25) is 4.79 Å². The second-order valence-corrected chi connectivity index (χ2v) is 6.65. The molecule has 0 radical (unpaired) electrons. The predicted molar refractivity (Wildman–Crippen MR) is 105 cm³/mol. The molecule has 0 amide bonds. The zero-order valence-electron chi connectivity index (χ0n) is 15.3. The average molecular weight is 383 g/mol. The van der Waals surface area contributed by atoms with Gasteiger partial charge in [-0.05, 0) is 48.9 Å². The molecule has 27 heavy (non-hydrogen) atoms. The van der Waals surface area contributed by atoms with E-state index in [1.54, 1.807) is 7.11 Å². The Morgan fingerprint density at radius 2 is 1.74 bits per heavy atom. The van der Waals surface area contributed by atoms with E-state index in [0.29, 0.717) is 6.61 Å². The summed E-state index contributed by atoms with van der Waals surface area (Å²) in [4.78, 5) is 16.6. The van der Waals surface area contributed by atoms with Crippen molar-refractivity contribution >= 4 is 17.3 Å². The van der Waals surface area contributed by atoms with E-state index < -0.39 is 0 Å². The lowest BCUT2D eigenvalue weighted by Gasteiger charge is -2.05. The molecule has 0 unspecified atom stereocenters. The van der Waals surface area contributed by atoms with Crippen molar-refractivity contribution in [1.82, 2.24) is 4.98 Å². The number of carbonyl (C=O) groups excluding carboxylic acids is 1. The van der Waals surface area contributed by atoms with E-state index in [4.69, 9.17) is 14.2 Å². The summed E-state index contributed by atoms with van der Waals surface area (Å²) in [5.74, 6) is 1.32. The number of rotatable bonds is 8. The quantitative estimate of drug-likeness (QED) is 0.536. The molecule has 140 valence electrons. The number of esters is 1. The minimum Gasteiger partial charge on any atom is -0.497 e. The molecular weight excluding hydrogens is 362 g/mol. The lowest BCUT2D eigenvalue weighted by Crippen LogP contribution is -2.08. The smallest absolute Gasteiger partial charge is 0.310 e. The minimum absolute atomic E-state index is 0.169. The van der Waals surface area contributed by atoms with Crippen molar-refractivity contribution in [3.8, 4) is 22.1 Å².